The molecule has 0 amide bonds. The highest BCUT2D eigenvalue weighted by molar-refractivity contribution is 7.06. The van der Waals surface area contributed by atoms with Crippen molar-refractivity contribution < 1.29 is 9.47 Å². The molecule has 1 N–H and O–H groups in total. The fourth-order valence-corrected chi connectivity index (χ4v) is 2.55. The van der Waals surface area contributed by atoms with Crippen LogP contribution in [0.1, 0.15) is 25.6 Å². The standard InChI is InChI=1S/C16H22N2O2S/c1-16(2,3)17-10-12-9-13(18-21-12)11-6-7-14(19-4)15(8-11)20-5/h6-9,17H,10H2,1-5H3. The number of ether oxygens (including phenoxy) is 2. The van der Waals surface area contributed by atoms with Crippen LogP contribution < -0.4 is 14.8 Å². The van der Waals surface area contributed by atoms with Gasteiger partial charge in [0.25, 0.3) is 0 Å². The molecule has 0 spiro atoms. The summed E-state index contributed by atoms with van der Waals surface area (Å²) in [6.07, 6.45) is 0. The Morgan fingerprint density at radius 2 is 1.81 bits per heavy atom. The zero-order valence-corrected chi connectivity index (χ0v) is 14.0. The van der Waals surface area contributed by atoms with Crippen LogP contribution in [0.3, 0.4) is 0 Å². The first-order valence-corrected chi connectivity index (χ1v) is 7.63. The zero-order chi connectivity index (χ0) is 15.5. The molecule has 5 heteroatoms. The van der Waals surface area contributed by atoms with Crippen LogP contribution in [0.5, 0.6) is 11.5 Å². The lowest BCUT2D eigenvalue weighted by Crippen LogP contribution is -2.34. The summed E-state index contributed by atoms with van der Waals surface area (Å²) >= 11 is 1.52. The molecule has 0 aliphatic carbocycles. The first-order chi connectivity index (χ1) is 9.93. The molecule has 0 saturated heterocycles. The number of methoxy groups -OCH3 is 2. The van der Waals surface area contributed by atoms with Gasteiger partial charge in [0.05, 0.1) is 19.9 Å². The third kappa shape index (κ3) is 4.19. The van der Waals surface area contributed by atoms with E-state index in [1.165, 1.54) is 16.4 Å². The van der Waals surface area contributed by atoms with Gasteiger partial charge in [-0.05, 0) is 56.6 Å². The second-order valence-electron chi connectivity index (χ2n) is 5.85. The molecule has 0 atom stereocenters. The van der Waals surface area contributed by atoms with Crippen molar-refractivity contribution in [2.75, 3.05) is 14.2 Å². The average Bonchev–Trinajstić information content (AvgIpc) is 2.92. The van der Waals surface area contributed by atoms with E-state index in [1.54, 1.807) is 14.2 Å². The summed E-state index contributed by atoms with van der Waals surface area (Å²) in [5.74, 6) is 1.45. The fourth-order valence-electron chi connectivity index (χ4n) is 1.88. The van der Waals surface area contributed by atoms with Gasteiger partial charge in [-0.15, -0.1) is 0 Å². The number of nitrogens with one attached hydrogen (secondary N) is 1. The lowest BCUT2D eigenvalue weighted by Gasteiger charge is -2.19. The summed E-state index contributed by atoms with van der Waals surface area (Å²) in [6.45, 7) is 7.30. The third-order valence-electron chi connectivity index (χ3n) is 3.03. The zero-order valence-electron chi connectivity index (χ0n) is 13.2. The van der Waals surface area contributed by atoms with Gasteiger partial charge in [0, 0.05) is 22.5 Å². The Labute approximate surface area is 130 Å². The molecule has 0 fully saturated rings. The minimum atomic E-state index is 0.105. The molecule has 0 aliphatic heterocycles. The molecule has 4 nitrogen and oxygen atoms in total. The van der Waals surface area contributed by atoms with E-state index in [4.69, 9.17) is 9.47 Å². The van der Waals surface area contributed by atoms with Crippen LogP contribution in [-0.2, 0) is 6.54 Å². The first kappa shape index (κ1) is 15.8. The molecule has 114 valence electrons. The SMILES string of the molecule is COc1ccc(-c2cc(CNC(C)(C)C)sn2)cc1OC. The molecule has 2 rings (SSSR count). The molecular formula is C16H22N2O2S. The topological polar surface area (TPSA) is 43.4 Å². The van der Waals surface area contributed by atoms with Crippen molar-refractivity contribution in [2.45, 2.75) is 32.9 Å². The largest absolute Gasteiger partial charge is 0.493 e. The van der Waals surface area contributed by atoms with Gasteiger partial charge in [-0.2, -0.15) is 4.37 Å². The van der Waals surface area contributed by atoms with Crippen molar-refractivity contribution in [1.82, 2.24) is 9.69 Å². The monoisotopic (exact) mass is 306 g/mol. The summed E-state index contributed by atoms with van der Waals surface area (Å²) in [6, 6.07) is 7.97. The number of aromatic nitrogens is 1. The van der Waals surface area contributed by atoms with Crippen LogP contribution in [0.15, 0.2) is 24.3 Å². The molecule has 1 heterocycles. The lowest BCUT2D eigenvalue weighted by molar-refractivity contribution is 0.355. The minimum Gasteiger partial charge on any atom is -0.493 e. The van der Waals surface area contributed by atoms with Gasteiger partial charge in [-0.1, -0.05) is 0 Å². The highest BCUT2D eigenvalue weighted by atomic mass is 32.1. The van der Waals surface area contributed by atoms with Crippen LogP contribution in [0.4, 0.5) is 0 Å². The summed E-state index contributed by atoms with van der Waals surface area (Å²) in [4.78, 5) is 1.22. The number of hydrogen-bond donors (Lipinski definition) is 1. The summed E-state index contributed by atoms with van der Waals surface area (Å²) in [7, 11) is 3.28. The molecule has 1 aromatic carbocycles. The molecule has 0 unspecified atom stereocenters. The smallest absolute Gasteiger partial charge is 0.161 e. The summed E-state index contributed by atoms with van der Waals surface area (Å²) < 4.78 is 15.1. The van der Waals surface area contributed by atoms with Crippen LogP contribution in [0.25, 0.3) is 11.3 Å². The second kappa shape index (κ2) is 6.45. The maximum Gasteiger partial charge on any atom is 0.161 e. The van der Waals surface area contributed by atoms with E-state index in [0.717, 1.165) is 29.3 Å². The normalized spacial score (nSPS) is 11.5. The number of benzene rings is 1. The molecule has 0 aliphatic rings. The quantitative estimate of drug-likeness (QED) is 0.914. The van der Waals surface area contributed by atoms with Crippen molar-refractivity contribution in [3.63, 3.8) is 0 Å². The summed E-state index contributed by atoms with van der Waals surface area (Å²) in [5, 5.41) is 3.47. The molecule has 0 bridgehead atoms. The molecular weight excluding hydrogens is 284 g/mol. The Morgan fingerprint density at radius 1 is 1.10 bits per heavy atom. The Balaban J connectivity index is 2.17. The Kier molecular flexibility index (Phi) is 4.85. The number of nitrogens with zero attached hydrogens (tertiary/aromatic N) is 1. The van der Waals surface area contributed by atoms with Gasteiger partial charge in [-0.25, -0.2) is 0 Å². The van der Waals surface area contributed by atoms with Gasteiger partial charge < -0.3 is 14.8 Å². The van der Waals surface area contributed by atoms with E-state index >= 15 is 0 Å². The van der Waals surface area contributed by atoms with Crippen molar-refractivity contribution in [3.8, 4) is 22.8 Å². The van der Waals surface area contributed by atoms with Gasteiger partial charge >= 0.3 is 0 Å². The molecule has 0 saturated carbocycles. The van der Waals surface area contributed by atoms with Gasteiger partial charge in [0.2, 0.25) is 0 Å². The Hall–Kier alpha value is -1.59. The molecule has 0 radical (unpaired) electrons. The van der Waals surface area contributed by atoms with E-state index in [9.17, 15) is 0 Å². The van der Waals surface area contributed by atoms with Crippen molar-refractivity contribution >= 4 is 11.5 Å². The average molecular weight is 306 g/mol. The molecule has 2 aromatic rings. The van der Waals surface area contributed by atoms with E-state index in [-0.39, 0.29) is 5.54 Å². The van der Waals surface area contributed by atoms with Gasteiger partial charge in [-0.3, -0.25) is 0 Å². The van der Waals surface area contributed by atoms with Crippen LogP contribution in [0, 0.1) is 0 Å². The van der Waals surface area contributed by atoms with Crippen LogP contribution in [0.2, 0.25) is 0 Å². The predicted octanol–water partition coefficient (Wildman–Crippen LogP) is 3.72. The minimum absolute atomic E-state index is 0.105. The van der Waals surface area contributed by atoms with Gasteiger partial charge in [0.1, 0.15) is 0 Å². The fraction of sp³-hybridized carbons (Fsp3) is 0.438. The molecule has 1 aromatic heterocycles. The van der Waals surface area contributed by atoms with Crippen LogP contribution >= 0.6 is 11.5 Å². The maximum absolute atomic E-state index is 5.34. The number of rotatable bonds is 5. The third-order valence-corrected chi connectivity index (χ3v) is 3.82. The first-order valence-electron chi connectivity index (χ1n) is 6.86. The van der Waals surface area contributed by atoms with E-state index in [0.29, 0.717) is 0 Å². The van der Waals surface area contributed by atoms with Crippen LogP contribution in [-0.4, -0.2) is 24.1 Å². The lowest BCUT2D eigenvalue weighted by atomic mass is 10.1. The van der Waals surface area contributed by atoms with E-state index in [1.807, 2.05) is 18.2 Å². The Bertz CT molecular complexity index is 603. The van der Waals surface area contributed by atoms with E-state index in [2.05, 4.69) is 36.5 Å². The van der Waals surface area contributed by atoms with E-state index < -0.39 is 0 Å². The van der Waals surface area contributed by atoms with Crippen molar-refractivity contribution in [2.24, 2.45) is 0 Å². The number of hydrogen-bond acceptors (Lipinski definition) is 5. The maximum atomic E-state index is 5.34. The predicted molar refractivity (Wildman–Crippen MR) is 87.2 cm³/mol. The Morgan fingerprint density at radius 3 is 2.43 bits per heavy atom. The van der Waals surface area contributed by atoms with Crippen molar-refractivity contribution in [3.05, 3.63) is 29.1 Å². The second-order valence-corrected chi connectivity index (χ2v) is 6.74. The summed E-state index contributed by atoms with van der Waals surface area (Å²) in [5.41, 5.74) is 2.10. The van der Waals surface area contributed by atoms with Crippen molar-refractivity contribution in [1.29, 1.82) is 0 Å². The highest BCUT2D eigenvalue weighted by Crippen LogP contribution is 2.32. The molecule has 21 heavy (non-hydrogen) atoms. The highest BCUT2D eigenvalue weighted by Gasteiger charge is 2.12. The van der Waals surface area contributed by atoms with Gasteiger partial charge in [0.15, 0.2) is 11.5 Å².